The van der Waals surface area contributed by atoms with Crippen LogP contribution in [0.1, 0.15) is 41.6 Å². The first kappa shape index (κ1) is 19.1. The maximum atomic E-state index is 12.5. The standard InChI is InChI=1S/C17H23F3N4O/c18-17(19,20)14-7-5-13(6-8-14)15(25)22-9-10-23-16(21)24-11-3-1-2-4-12-24/h5-8H,1-4,9-12H2,(H2,21,23)(H,22,25). The van der Waals surface area contributed by atoms with E-state index in [-0.39, 0.29) is 12.1 Å². The first-order chi connectivity index (χ1) is 11.9. The number of nitrogens with two attached hydrogens (primary N) is 1. The van der Waals surface area contributed by atoms with Crippen LogP contribution in [0, 0.1) is 0 Å². The first-order valence-corrected chi connectivity index (χ1v) is 8.38. The largest absolute Gasteiger partial charge is 0.416 e. The van der Waals surface area contributed by atoms with Crippen LogP contribution >= 0.6 is 0 Å². The lowest BCUT2D eigenvalue weighted by Crippen LogP contribution is -2.38. The molecule has 1 aliphatic heterocycles. The summed E-state index contributed by atoms with van der Waals surface area (Å²) < 4.78 is 37.5. The highest BCUT2D eigenvalue weighted by Gasteiger charge is 2.30. The molecule has 0 aliphatic carbocycles. The number of amides is 1. The molecule has 1 amide bonds. The Kier molecular flexibility index (Phi) is 6.66. The van der Waals surface area contributed by atoms with Gasteiger partial charge < -0.3 is 16.0 Å². The van der Waals surface area contributed by atoms with Crippen LogP contribution in [0.25, 0.3) is 0 Å². The molecule has 0 aromatic heterocycles. The van der Waals surface area contributed by atoms with Crippen LogP contribution in [-0.2, 0) is 6.18 Å². The fourth-order valence-corrected chi connectivity index (χ4v) is 2.65. The summed E-state index contributed by atoms with van der Waals surface area (Å²) in [5, 5.41) is 2.63. The number of hydrogen-bond donors (Lipinski definition) is 2. The lowest BCUT2D eigenvalue weighted by molar-refractivity contribution is -0.137. The van der Waals surface area contributed by atoms with E-state index in [0.717, 1.165) is 50.2 Å². The Morgan fingerprint density at radius 3 is 2.28 bits per heavy atom. The highest BCUT2D eigenvalue weighted by atomic mass is 19.4. The minimum absolute atomic E-state index is 0.178. The average Bonchev–Trinajstić information content (AvgIpc) is 2.87. The van der Waals surface area contributed by atoms with Gasteiger partial charge in [0.25, 0.3) is 5.91 Å². The summed E-state index contributed by atoms with van der Waals surface area (Å²) in [7, 11) is 0. The summed E-state index contributed by atoms with van der Waals surface area (Å²) in [5.74, 6) is 0.0444. The summed E-state index contributed by atoms with van der Waals surface area (Å²) in [6.07, 6.45) is 0.191. The predicted molar refractivity (Wildman–Crippen MR) is 90.3 cm³/mol. The molecule has 2 rings (SSSR count). The molecule has 25 heavy (non-hydrogen) atoms. The molecule has 1 saturated heterocycles. The molecular weight excluding hydrogens is 333 g/mol. The fraction of sp³-hybridized carbons (Fsp3) is 0.529. The number of nitrogens with one attached hydrogen (secondary N) is 1. The maximum Gasteiger partial charge on any atom is 0.416 e. The Morgan fingerprint density at radius 1 is 1.12 bits per heavy atom. The third kappa shape index (κ3) is 5.95. The van der Waals surface area contributed by atoms with Gasteiger partial charge in [-0.3, -0.25) is 9.79 Å². The number of hydrogen-bond acceptors (Lipinski definition) is 2. The third-order valence-electron chi connectivity index (χ3n) is 4.08. The van der Waals surface area contributed by atoms with E-state index in [9.17, 15) is 18.0 Å². The van der Waals surface area contributed by atoms with Crippen LogP contribution in [0.15, 0.2) is 29.3 Å². The number of benzene rings is 1. The second-order valence-electron chi connectivity index (χ2n) is 5.97. The lowest BCUT2D eigenvalue weighted by Gasteiger charge is -2.21. The molecular formula is C17H23F3N4O. The number of nitrogens with zero attached hydrogens (tertiary/aromatic N) is 2. The van der Waals surface area contributed by atoms with Gasteiger partial charge in [0.2, 0.25) is 0 Å². The molecule has 1 aromatic carbocycles. The Balaban J connectivity index is 1.79. The van der Waals surface area contributed by atoms with Crippen molar-refractivity contribution in [1.82, 2.24) is 10.2 Å². The molecule has 0 bridgehead atoms. The van der Waals surface area contributed by atoms with Crippen LogP contribution in [0.4, 0.5) is 13.2 Å². The molecule has 5 nitrogen and oxygen atoms in total. The van der Waals surface area contributed by atoms with Gasteiger partial charge in [-0.15, -0.1) is 0 Å². The average molecular weight is 356 g/mol. The summed E-state index contributed by atoms with van der Waals surface area (Å²) in [5.41, 5.74) is 5.36. The third-order valence-corrected chi connectivity index (χ3v) is 4.08. The van der Waals surface area contributed by atoms with Crippen molar-refractivity contribution >= 4 is 11.9 Å². The molecule has 0 radical (unpaired) electrons. The SMILES string of the molecule is NC(=NCCNC(=O)c1ccc(C(F)(F)F)cc1)N1CCCCCC1. The van der Waals surface area contributed by atoms with Crippen molar-refractivity contribution in [3.63, 3.8) is 0 Å². The summed E-state index contributed by atoms with van der Waals surface area (Å²) >= 11 is 0. The van der Waals surface area contributed by atoms with Gasteiger partial charge in [-0.25, -0.2) is 0 Å². The number of guanidine groups is 1. The quantitative estimate of drug-likeness (QED) is 0.495. The van der Waals surface area contributed by atoms with Gasteiger partial charge >= 0.3 is 6.18 Å². The topological polar surface area (TPSA) is 70.7 Å². The first-order valence-electron chi connectivity index (χ1n) is 8.38. The van der Waals surface area contributed by atoms with Crippen molar-refractivity contribution in [2.45, 2.75) is 31.9 Å². The van der Waals surface area contributed by atoms with Gasteiger partial charge in [-0.1, -0.05) is 12.8 Å². The molecule has 8 heteroatoms. The van der Waals surface area contributed by atoms with Gasteiger partial charge in [0.15, 0.2) is 5.96 Å². The number of likely N-dealkylation sites (tertiary alicyclic amines) is 1. The van der Waals surface area contributed by atoms with E-state index in [0.29, 0.717) is 12.5 Å². The van der Waals surface area contributed by atoms with Gasteiger partial charge in [-0.2, -0.15) is 13.2 Å². The summed E-state index contributed by atoms with van der Waals surface area (Å²) in [6, 6.07) is 4.11. The van der Waals surface area contributed by atoms with Crippen molar-refractivity contribution in [2.24, 2.45) is 10.7 Å². The van der Waals surface area contributed by atoms with E-state index in [1.54, 1.807) is 0 Å². The number of rotatable bonds is 4. The van der Waals surface area contributed by atoms with Crippen molar-refractivity contribution in [3.05, 3.63) is 35.4 Å². The molecule has 1 fully saturated rings. The maximum absolute atomic E-state index is 12.5. The van der Waals surface area contributed by atoms with E-state index in [2.05, 4.69) is 10.3 Å². The Hall–Kier alpha value is -2.25. The smallest absolute Gasteiger partial charge is 0.370 e. The molecule has 1 heterocycles. The van der Waals surface area contributed by atoms with Gasteiger partial charge in [-0.05, 0) is 37.1 Å². The normalized spacial score (nSPS) is 16.4. The van der Waals surface area contributed by atoms with Crippen LogP contribution in [0.2, 0.25) is 0 Å². The monoisotopic (exact) mass is 356 g/mol. The van der Waals surface area contributed by atoms with E-state index >= 15 is 0 Å². The number of carbonyl (C=O) groups is 1. The molecule has 3 N–H and O–H groups in total. The molecule has 0 atom stereocenters. The van der Waals surface area contributed by atoms with E-state index in [1.165, 1.54) is 12.8 Å². The highest BCUT2D eigenvalue weighted by Crippen LogP contribution is 2.29. The van der Waals surface area contributed by atoms with Gasteiger partial charge in [0.05, 0.1) is 12.1 Å². The Morgan fingerprint density at radius 2 is 1.72 bits per heavy atom. The van der Waals surface area contributed by atoms with Crippen LogP contribution in [0.5, 0.6) is 0 Å². The van der Waals surface area contributed by atoms with Crippen molar-refractivity contribution < 1.29 is 18.0 Å². The van der Waals surface area contributed by atoms with E-state index < -0.39 is 17.6 Å². The number of alkyl halides is 3. The molecule has 1 aliphatic rings. The fourth-order valence-electron chi connectivity index (χ4n) is 2.65. The molecule has 0 spiro atoms. The van der Waals surface area contributed by atoms with Crippen molar-refractivity contribution in [2.75, 3.05) is 26.2 Å². The van der Waals surface area contributed by atoms with Crippen molar-refractivity contribution in [3.8, 4) is 0 Å². The van der Waals surface area contributed by atoms with Crippen LogP contribution in [0.3, 0.4) is 0 Å². The van der Waals surface area contributed by atoms with Crippen LogP contribution < -0.4 is 11.1 Å². The Bertz CT molecular complexity index is 591. The summed E-state index contributed by atoms with van der Waals surface area (Å²) in [6.45, 7) is 2.39. The highest BCUT2D eigenvalue weighted by molar-refractivity contribution is 5.94. The number of carbonyl (C=O) groups excluding carboxylic acids is 1. The minimum Gasteiger partial charge on any atom is -0.370 e. The molecule has 0 saturated carbocycles. The van der Waals surface area contributed by atoms with Gasteiger partial charge in [0, 0.05) is 25.2 Å². The Labute approximate surface area is 145 Å². The zero-order valence-corrected chi connectivity index (χ0v) is 14.0. The number of aliphatic imine (C=N–C) groups is 1. The second kappa shape index (κ2) is 8.73. The zero-order chi connectivity index (χ0) is 18.3. The molecule has 1 aromatic rings. The molecule has 0 unspecified atom stereocenters. The number of halogens is 3. The lowest BCUT2D eigenvalue weighted by atomic mass is 10.1. The van der Waals surface area contributed by atoms with E-state index in [1.807, 2.05) is 4.90 Å². The second-order valence-corrected chi connectivity index (χ2v) is 5.97. The van der Waals surface area contributed by atoms with Crippen LogP contribution in [-0.4, -0.2) is 42.9 Å². The minimum atomic E-state index is -4.41. The van der Waals surface area contributed by atoms with Gasteiger partial charge in [0.1, 0.15) is 0 Å². The van der Waals surface area contributed by atoms with Crippen molar-refractivity contribution in [1.29, 1.82) is 0 Å². The zero-order valence-electron chi connectivity index (χ0n) is 14.0. The summed E-state index contributed by atoms with van der Waals surface area (Å²) in [4.78, 5) is 18.2. The predicted octanol–water partition coefficient (Wildman–Crippen LogP) is 2.63. The molecule has 138 valence electrons. The van der Waals surface area contributed by atoms with E-state index in [4.69, 9.17) is 5.73 Å².